The van der Waals surface area contributed by atoms with Gasteiger partial charge in [0, 0.05) is 19.1 Å². The van der Waals surface area contributed by atoms with Gasteiger partial charge < -0.3 is 10.6 Å². The first-order chi connectivity index (χ1) is 8.00. The average Bonchev–Trinajstić information content (AvgIpc) is 2.25. The molecule has 5 nitrogen and oxygen atoms in total. The zero-order valence-electron chi connectivity index (χ0n) is 9.87. The minimum absolute atomic E-state index is 0.241. The second-order valence-electron chi connectivity index (χ2n) is 3.95. The molecule has 0 saturated carbocycles. The Labute approximate surface area is 99.2 Å². The number of nitro groups is 1. The van der Waals surface area contributed by atoms with Gasteiger partial charge in [0.05, 0.1) is 11.0 Å². The number of anilines is 1. The fraction of sp³-hybridized carbons (Fsp3) is 0.455. The van der Waals surface area contributed by atoms with Crippen LogP contribution < -0.4 is 10.6 Å². The van der Waals surface area contributed by atoms with Crippen molar-refractivity contribution < 1.29 is 9.31 Å². The number of hydrogen-bond acceptors (Lipinski definition) is 4. The molecular formula is C11H16FN3O2. The molecule has 1 aromatic carbocycles. The van der Waals surface area contributed by atoms with E-state index in [4.69, 9.17) is 0 Å². The molecule has 0 heterocycles. The number of benzene rings is 1. The molecule has 0 aliphatic heterocycles. The van der Waals surface area contributed by atoms with Gasteiger partial charge in [0.2, 0.25) is 0 Å². The molecule has 1 rings (SSSR count). The van der Waals surface area contributed by atoms with Crippen molar-refractivity contribution in [3.05, 3.63) is 34.1 Å². The summed E-state index contributed by atoms with van der Waals surface area (Å²) in [7, 11) is 0. The molecule has 0 atom stereocenters. The molecule has 0 unspecified atom stereocenters. The molecule has 0 saturated heterocycles. The van der Waals surface area contributed by atoms with Crippen LogP contribution in [0.15, 0.2) is 18.2 Å². The number of hydrogen-bond donors (Lipinski definition) is 2. The van der Waals surface area contributed by atoms with Crippen LogP contribution in [0, 0.1) is 15.9 Å². The number of nitrogens with zero attached hydrogens (tertiary/aromatic N) is 1. The first-order valence-corrected chi connectivity index (χ1v) is 5.42. The molecule has 0 amide bonds. The van der Waals surface area contributed by atoms with E-state index in [-0.39, 0.29) is 5.69 Å². The lowest BCUT2D eigenvalue weighted by molar-refractivity contribution is -0.384. The van der Waals surface area contributed by atoms with Crippen LogP contribution in [0.5, 0.6) is 0 Å². The molecule has 94 valence electrons. The van der Waals surface area contributed by atoms with Crippen molar-refractivity contribution in [3.63, 3.8) is 0 Å². The average molecular weight is 241 g/mol. The summed E-state index contributed by atoms with van der Waals surface area (Å²) >= 11 is 0. The largest absolute Gasteiger partial charge is 0.378 e. The Hall–Kier alpha value is -1.69. The summed E-state index contributed by atoms with van der Waals surface area (Å²) in [6.45, 7) is 5.26. The van der Waals surface area contributed by atoms with Crippen molar-refractivity contribution in [2.24, 2.45) is 0 Å². The van der Waals surface area contributed by atoms with Crippen molar-refractivity contribution >= 4 is 11.4 Å². The molecule has 0 fully saturated rings. The third-order valence-corrected chi connectivity index (χ3v) is 2.15. The highest BCUT2D eigenvalue weighted by molar-refractivity contribution is 5.61. The Morgan fingerprint density at radius 2 is 2.12 bits per heavy atom. The Balaban J connectivity index is 2.61. The first-order valence-electron chi connectivity index (χ1n) is 5.42. The van der Waals surface area contributed by atoms with Gasteiger partial charge in [0.1, 0.15) is 11.5 Å². The number of nitrogens with one attached hydrogen (secondary N) is 2. The van der Waals surface area contributed by atoms with Crippen LogP contribution in [0.3, 0.4) is 0 Å². The predicted molar refractivity (Wildman–Crippen MR) is 64.7 cm³/mol. The fourth-order valence-electron chi connectivity index (χ4n) is 1.36. The van der Waals surface area contributed by atoms with Crippen molar-refractivity contribution in [3.8, 4) is 0 Å². The fourth-order valence-corrected chi connectivity index (χ4v) is 1.36. The van der Waals surface area contributed by atoms with Crippen LogP contribution in [0.1, 0.15) is 13.8 Å². The molecular weight excluding hydrogens is 225 g/mol. The number of rotatable bonds is 6. The SMILES string of the molecule is CC(C)NCCNc1ccc(F)cc1[N+](=O)[O-]. The summed E-state index contributed by atoms with van der Waals surface area (Å²) in [5.41, 5.74) is 0.0940. The second-order valence-corrected chi connectivity index (χ2v) is 3.95. The van der Waals surface area contributed by atoms with Crippen molar-refractivity contribution in [2.45, 2.75) is 19.9 Å². The van der Waals surface area contributed by atoms with Gasteiger partial charge in [-0.15, -0.1) is 0 Å². The molecule has 0 spiro atoms. The van der Waals surface area contributed by atoms with Crippen LogP contribution >= 0.6 is 0 Å². The van der Waals surface area contributed by atoms with Gasteiger partial charge in [-0.3, -0.25) is 10.1 Å². The lowest BCUT2D eigenvalue weighted by atomic mass is 10.2. The van der Waals surface area contributed by atoms with Crippen LogP contribution in [0.2, 0.25) is 0 Å². The second kappa shape index (κ2) is 6.15. The van der Waals surface area contributed by atoms with Crippen LogP contribution in [0.4, 0.5) is 15.8 Å². The maximum Gasteiger partial charge on any atom is 0.295 e. The van der Waals surface area contributed by atoms with E-state index in [2.05, 4.69) is 10.6 Å². The van der Waals surface area contributed by atoms with Crippen molar-refractivity contribution in [1.29, 1.82) is 0 Å². The van der Waals surface area contributed by atoms with E-state index in [1.165, 1.54) is 12.1 Å². The van der Waals surface area contributed by atoms with Gasteiger partial charge in [-0.25, -0.2) is 4.39 Å². The Morgan fingerprint density at radius 1 is 1.41 bits per heavy atom. The van der Waals surface area contributed by atoms with Gasteiger partial charge in [-0.05, 0) is 12.1 Å². The van der Waals surface area contributed by atoms with E-state index in [1.807, 2.05) is 13.8 Å². The highest BCUT2D eigenvalue weighted by Crippen LogP contribution is 2.24. The number of halogens is 1. The minimum atomic E-state index is -0.609. The summed E-state index contributed by atoms with van der Waals surface area (Å²) < 4.78 is 12.9. The van der Waals surface area contributed by atoms with Gasteiger partial charge in [-0.1, -0.05) is 13.8 Å². The van der Waals surface area contributed by atoms with E-state index >= 15 is 0 Å². The Morgan fingerprint density at radius 3 is 2.71 bits per heavy atom. The maximum absolute atomic E-state index is 12.9. The Kier molecular flexibility index (Phi) is 4.84. The minimum Gasteiger partial charge on any atom is -0.378 e. The van der Waals surface area contributed by atoms with E-state index in [9.17, 15) is 14.5 Å². The number of nitro benzene ring substituents is 1. The van der Waals surface area contributed by atoms with E-state index in [0.717, 1.165) is 6.07 Å². The van der Waals surface area contributed by atoms with Crippen molar-refractivity contribution in [2.75, 3.05) is 18.4 Å². The summed E-state index contributed by atoms with van der Waals surface area (Å²) in [5.74, 6) is -0.609. The molecule has 0 bridgehead atoms. The third-order valence-electron chi connectivity index (χ3n) is 2.15. The van der Waals surface area contributed by atoms with Crippen LogP contribution in [-0.4, -0.2) is 24.1 Å². The molecule has 0 radical (unpaired) electrons. The standard InChI is InChI=1S/C11H16FN3O2/c1-8(2)13-5-6-14-10-4-3-9(12)7-11(10)15(16)17/h3-4,7-8,13-14H,5-6H2,1-2H3. The topological polar surface area (TPSA) is 67.2 Å². The summed E-state index contributed by atoms with van der Waals surface area (Å²) in [5, 5.41) is 16.8. The predicted octanol–water partition coefficient (Wildman–Crippen LogP) is 2.14. The lowest BCUT2D eigenvalue weighted by Crippen LogP contribution is -2.28. The molecule has 1 aromatic rings. The molecule has 0 aromatic heterocycles. The normalized spacial score (nSPS) is 10.6. The summed E-state index contributed by atoms with van der Waals surface area (Å²) in [6.07, 6.45) is 0. The van der Waals surface area contributed by atoms with E-state index in [0.29, 0.717) is 24.8 Å². The van der Waals surface area contributed by atoms with Gasteiger partial charge in [0.25, 0.3) is 5.69 Å². The monoisotopic (exact) mass is 241 g/mol. The first kappa shape index (κ1) is 13.4. The molecule has 0 aliphatic rings. The molecule has 0 aliphatic carbocycles. The summed E-state index contributed by atoms with van der Waals surface area (Å²) in [6, 6.07) is 3.85. The molecule has 2 N–H and O–H groups in total. The van der Waals surface area contributed by atoms with Gasteiger partial charge in [0.15, 0.2) is 0 Å². The highest BCUT2D eigenvalue weighted by atomic mass is 19.1. The van der Waals surface area contributed by atoms with E-state index in [1.54, 1.807) is 0 Å². The lowest BCUT2D eigenvalue weighted by Gasteiger charge is -2.10. The smallest absolute Gasteiger partial charge is 0.295 e. The Bertz CT molecular complexity index is 396. The maximum atomic E-state index is 12.9. The molecule has 17 heavy (non-hydrogen) atoms. The van der Waals surface area contributed by atoms with Crippen LogP contribution in [-0.2, 0) is 0 Å². The van der Waals surface area contributed by atoms with Gasteiger partial charge in [-0.2, -0.15) is 0 Å². The third kappa shape index (κ3) is 4.36. The van der Waals surface area contributed by atoms with Crippen molar-refractivity contribution in [1.82, 2.24) is 5.32 Å². The van der Waals surface area contributed by atoms with Gasteiger partial charge >= 0.3 is 0 Å². The zero-order chi connectivity index (χ0) is 12.8. The quantitative estimate of drug-likeness (QED) is 0.455. The highest BCUT2D eigenvalue weighted by Gasteiger charge is 2.14. The zero-order valence-corrected chi connectivity index (χ0v) is 9.87. The van der Waals surface area contributed by atoms with E-state index < -0.39 is 10.7 Å². The summed E-state index contributed by atoms with van der Waals surface area (Å²) in [4.78, 5) is 10.1. The van der Waals surface area contributed by atoms with Crippen LogP contribution in [0.25, 0.3) is 0 Å². The molecule has 6 heteroatoms.